The Bertz CT molecular complexity index is 532. The van der Waals surface area contributed by atoms with Crippen LogP contribution in [0.2, 0.25) is 0 Å². The van der Waals surface area contributed by atoms with E-state index in [2.05, 4.69) is 26.2 Å². The van der Waals surface area contributed by atoms with E-state index in [0.717, 1.165) is 6.42 Å². The van der Waals surface area contributed by atoms with E-state index in [1.54, 1.807) is 19.3 Å². The molecule has 0 aliphatic heterocycles. The van der Waals surface area contributed by atoms with Crippen LogP contribution >= 0.6 is 15.9 Å². The van der Waals surface area contributed by atoms with Gasteiger partial charge in [0, 0.05) is 30.3 Å². The van der Waals surface area contributed by atoms with Gasteiger partial charge in [-0.2, -0.15) is 4.31 Å². The molecule has 0 radical (unpaired) electrons. The van der Waals surface area contributed by atoms with Crippen molar-refractivity contribution in [1.29, 1.82) is 0 Å². The lowest BCUT2D eigenvalue weighted by Gasteiger charge is -2.22. The third kappa shape index (κ3) is 3.90. The summed E-state index contributed by atoms with van der Waals surface area (Å²) in [6, 6.07) is 1.47. The first-order valence-corrected chi connectivity index (χ1v) is 8.41. The van der Waals surface area contributed by atoms with Gasteiger partial charge >= 0.3 is 0 Å². The molecule has 0 aromatic carbocycles. The van der Waals surface area contributed by atoms with Crippen molar-refractivity contribution in [2.45, 2.75) is 38.1 Å². The van der Waals surface area contributed by atoms with Gasteiger partial charge in [-0.25, -0.2) is 13.4 Å². The summed E-state index contributed by atoms with van der Waals surface area (Å²) in [5.74, 6) is 0.401. The Morgan fingerprint density at radius 3 is 2.63 bits per heavy atom. The number of sulfonamides is 1. The topological polar surface area (TPSA) is 62.3 Å². The number of nitrogens with zero attached hydrogens (tertiary/aromatic N) is 2. The molecule has 5 nitrogen and oxygen atoms in total. The van der Waals surface area contributed by atoms with Crippen molar-refractivity contribution in [2.24, 2.45) is 0 Å². The smallest absolute Gasteiger partial charge is 0.246 e. The summed E-state index contributed by atoms with van der Waals surface area (Å²) in [4.78, 5) is 4.36. The standard InChI is InChI=1S/C12H20BrN3O2S/c1-5-6-14-12-11(7-10(13)8-15-12)19(17,18)16(4)9(2)3/h7-9H,5-6H2,1-4H3,(H,14,15). The predicted molar refractivity (Wildman–Crippen MR) is 80.8 cm³/mol. The van der Waals surface area contributed by atoms with E-state index in [0.29, 0.717) is 16.8 Å². The first kappa shape index (κ1) is 16.4. The van der Waals surface area contributed by atoms with Gasteiger partial charge in [-0.15, -0.1) is 0 Å². The zero-order valence-electron chi connectivity index (χ0n) is 11.6. The van der Waals surface area contributed by atoms with Gasteiger partial charge in [0.15, 0.2) is 0 Å². The van der Waals surface area contributed by atoms with Crippen molar-refractivity contribution in [3.05, 3.63) is 16.7 Å². The Morgan fingerprint density at radius 1 is 1.47 bits per heavy atom. The first-order chi connectivity index (χ1) is 8.80. The number of hydrogen-bond acceptors (Lipinski definition) is 4. The summed E-state index contributed by atoms with van der Waals surface area (Å²) in [7, 11) is -1.97. The second kappa shape index (κ2) is 6.67. The maximum atomic E-state index is 12.5. The Morgan fingerprint density at radius 2 is 2.11 bits per heavy atom. The van der Waals surface area contributed by atoms with Gasteiger partial charge in [0.1, 0.15) is 10.7 Å². The number of aromatic nitrogens is 1. The molecule has 0 amide bonds. The van der Waals surface area contributed by atoms with Crippen molar-refractivity contribution >= 4 is 31.8 Å². The number of anilines is 1. The van der Waals surface area contributed by atoms with Crippen LogP contribution in [-0.4, -0.2) is 37.3 Å². The average Bonchev–Trinajstić information content (AvgIpc) is 2.36. The van der Waals surface area contributed by atoms with Crippen LogP contribution in [0, 0.1) is 0 Å². The molecule has 1 N–H and O–H groups in total. The summed E-state index contributed by atoms with van der Waals surface area (Å²) < 4.78 is 27.1. The lowest BCUT2D eigenvalue weighted by Crippen LogP contribution is -2.33. The molecule has 0 aliphatic rings. The van der Waals surface area contributed by atoms with E-state index < -0.39 is 10.0 Å². The van der Waals surface area contributed by atoms with E-state index in [1.807, 2.05) is 20.8 Å². The van der Waals surface area contributed by atoms with Crippen molar-refractivity contribution in [1.82, 2.24) is 9.29 Å². The van der Waals surface area contributed by atoms with Crippen molar-refractivity contribution in [3.63, 3.8) is 0 Å². The molecule has 1 aromatic heterocycles. The van der Waals surface area contributed by atoms with Crippen LogP contribution in [0.1, 0.15) is 27.2 Å². The zero-order chi connectivity index (χ0) is 14.6. The maximum Gasteiger partial charge on any atom is 0.246 e. The van der Waals surface area contributed by atoms with Crippen LogP contribution in [0.4, 0.5) is 5.82 Å². The molecule has 0 unspecified atom stereocenters. The summed E-state index contributed by atoms with van der Waals surface area (Å²) in [5.41, 5.74) is 0. The molecule has 0 fully saturated rings. The molecule has 0 saturated carbocycles. The first-order valence-electron chi connectivity index (χ1n) is 6.18. The fourth-order valence-electron chi connectivity index (χ4n) is 1.43. The molecule has 19 heavy (non-hydrogen) atoms. The molecule has 0 aliphatic carbocycles. The predicted octanol–water partition coefficient (Wildman–Crippen LogP) is 2.69. The van der Waals surface area contributed by atoms with Gasteiger partial charge in [0.2, 0.25) is 10.0 Å². The molecule has 7 heteroatoms. The molecular formula is C12H20BrN3O2S. The number of rotatable bonds is 6. The van der Waals surface area contributed by atoms with E-state index in [1.165, 1.54) is 4.31 Å². The summed E-state index contributed by atoms with van der Waals surface area (Å²) in [5, 5.41) is 3.05. The number of halogens is 1. The van der Waals surface area contributed by atoms with E-state index in [9.17, 15) is 8.42 Å². The second-order valence-corrected chi connectivity index (χ2v) is 7.42. The highest BCUT2D eigenvalue weighted by atomic mass is 79.9. The molecule has 0 spiro atoms. The lowest BCUT2D eigenvalue weighted by molar-refractivity contribution is 0.410. The molecule has 0 bridgehead atoms. The van der Waals surface area contributed by atoms with Crippen LogP contribution in [0.25, 0.3) is 0 Å². The van der Waals surface area contributed by atoms with Crippen LogP contribution in [0.5, 0.6) is 0 Å². The number of pyridine rings is 1. The molecule has 1 rings (SSSR count). The largest absolute Gasteiger partial charge is 0.369 e. The SMILES string of the molecule is CCCNc1ncc(Br)cc1S(=O)(=O)N(C)C(C)C. The number of nitrogens with one attached hydrogen (secondary N) is 1. The summed E-state index contributed by atoms with van der Waals surface area (Å²) in [6.07, 6.45) is 2.49. The molecule has 0 atom stereocenters. The summed E-state index contributed by atoms with van der Waals surface area (Å²) in [6.45, 7) is 6.37. The van der Waals surface area contributed by atoms with Crippen LogP contribution in [0.3, 0.4) is 0 Å². The van der Waals surface area contributed by atoms with Gasteiger partial charge in [-0.1, -0.05) is 6.92 Å². The van der Waals surface area contributed by atoms with E-state index in [-0.39, 0.29) is 10.9 Å². The number of hydrogen-bond donors (Lipinski definition) is 1. The van der Waals surface area contributed by atoms with Crippen LogP contribution in [-0.2, 0) is 10.0 Å². The molecule has 1 aromatic rings. The fraction of sp³-hybridized carbons (Fsp3) is 0.583. The lowest BCUT2D eigenvalue weighted by atomic mass is 10.4. The Kier molecular flexibility index (Phi) is 5.76. The van der Waals surface area contributed by atoms with E-state index >= 15 is 0 Å². The normalized spacial score (nSPS) is 12.2. The van der Waals surface area contributed by atoms with Gasteiger partial charge in [-0.05, 0) is 42.3 Å². The second-order valence-electron chi connectivity index (χ2n) is 4.54. The fourth-order valence-corrected chi connectivity index (χ4v) is 3.42. The van der Waals surface area contributed by atoms with Crippen molar-refractivity contribution in [3.8, 4) is 0 Å². The highest BCUT2D eigenvalue weighted by Gasteiger charge is 2.27. The minimum Gasteiger partial charge on any atom is -0.369 e. The molecule has 0 saturated heterocycles. The minimum absolute atomic E-state index is 0.108. The quantitative estimate of drug-likeness (QED) is 0.857. The monoisotopic (exact) mass is 349 g/mol. The zero-order valence-corrected chi connectivity index (χ0v) is 14.0. The maximum absolute atomic E-state index is 12.5. The van der Waals surface area contributed by atoms with Crippen LogP contribution < -0.4 is 5.32 Å². The minimum atomic E-state index is -3.54. The van der Waals surface area contributed by atoms with Crippen molar-refractivity contribution in [2.75, 3.05) is 18.9 Å². The Hall–Kier alpha value is -0.660. The third-order valence-corrected chi connectivity index (χ3v) is 5.23. The van der Waals surface area contributed by atoms with Gasteiger partial charge in [0.05, 0.1) is 0 Å². The highest BCUT2D eigenvalue weighted by molar-refractivity contribution is 9.10. The molecular weight excluding hydrogens is 330 g/mol. The summed E-state index contributed by atoms with van der Waals surface area (Å²) >= 11 is 3.27. The highest BCUT2D eigenvalue weighted by Crippen LogP contribution is 2.26. The van der Waals surface area contributed by atoms with Crippen LogP contribution in [0.15, 0.2) is 21.6 Å². The van der Waals surface area contributed by atoms with Crippen molar-refractivity contribution < 1.29 is 8.42 Å². The molecule has 1 heterocycles. The molecule has 108 valence electrons. The van der Waals surface area contributed by atoms with Gasteiger partial charge < -0.3 is 5.32 Å². The van der Waals surface area contributed by atoms with E-state index in [4.69, 9.17) is 0 Å². The van der Waals surface area contributed by atoms with Gasteiger partial charge in [0.25, 0.3) is 0 Å². The Labute approximate surface area is 123 Å². The van der Waals surface area contributed by atoms with Gasteiger partial charge in [-0.3, -0.25) is 0 Å². The third-order valence-electron chi connectivity index (χ3n) is 2.75. The average molecular weight is 350 g/mol. The Balaban J connectivity index is 3.27.